The van der Waals surface area contributed by atoms with Crippen LogP contribution in [0.1, 0.15) is 18.0 Å². The van der Waals surface area contributed by atoms with E-state index in [-0.39, 0.29) is 17.9 Å². The Hall–Kier alpha value is -1.88. The predicted molar refractivity (Wildman–Crippen MR) is 77.6 cm³/mol. The van der Waals surface area contributed by atoms with Crippen LogP contribution in [0.25, 0.3) is 0 Å². The van der Waals surface area contributed by atoms with Gasteiger partial charge in [-0.25, -0.2) is 0 Å². The average molecular weight is 288 g/mol. The fourth-order valence-corrected chi connectivity index (χ4v) is 3.10. The number of nitrogens with zero attached hydrogens (tertiary/aromatic N) is 2. The molecule has 112 valence electrons. The second kappa shape index (κ2) is 5.48. The standard InChI is InChI=1S/C16H20N2O3/c1-17-7-8-18(15(19)12-9-13(12)16(20)21)14(10-17)11-5-3-2-4-6-11/h2-6,12-14H,7-10H2,1H3,(H,20,21)/t12-,13+,14?/m1/s1. The molecule has 0 aromatic heterocycles. The number of hydrogen-bond donors (Lipinski definition) is 1. The number of aliphatic carboxylic acids is 1. The summed E-state index contributed by atoms with van der Waals surface area (Å²) >= 11 is 0. The Labute approximate surface area is 124 Å². The Kier molecular flexibility index (Phi) is 3.68. The summed E-state index contributed by atoms with van der Waals surface area (Å²) in [5.41, 5.74) is 1.12. The number of amides is 1. The Balaban J connectivity index is 1.79. The molecule has 0 radical (unpaired) electrons. The molecule has 21 heavy (non-hydrogen) atoms. The minimum atomic E-state index is -0.848. The molecule has 3 atom stereocenters. The first-order chi connectivity index (χ1) is 10.1. The van der Waals surface area contributed by atoms with Gasteiger partial charge >= 0.3 is 5.97 Å². The van der Waals surface area contributed by atoms with Gasteiger partial charge in [-0.2, -0.15) is 0 Å². The van der Waals surface area contributed by atoms with Crippen molar-refractivity contribution in [2.75, 3.05) is 26.7 Å². The van der Waals surface area contributed by atoms with Gasteiger partial charge in [0.05, 0.1) is 17.9 Å². The Morgan fingerprint density at radius 1 is 1.14 bits per heavy atom. The lowest BCUT2D eigenvalue weighted by atomic mass is 10.0. The third-order valence-corrected chi connectivity index (χ3v) is 4.48. The maximum atomic E-state index is 12.6. The second-order valence-corrected chi connectivity index (χ2v) is 6.01. The number of carboxylic acids is 1. The summed E-state index contributed by atoms with van der Waals surface area (Å²) in [5.74, 6) is -1.64. The molecule has 1 saturated carbocycles. The van der Waals surface area contributed by atoms with E-state index in [9.17, 15) is 9.59 Å². The molecule has 3 rings (SSSR count). The number of carboxylic acid groups (broad SMARTS) is 1. The van der Waals surface area contributed by atoms with Gasteiger partial charge in [-0.1, -0.05) is 30.3 Å². The van der Waals surface area contributed by atoms with Gasteiger partial charge in [-0.15, -0.1) is 0 Å². The molecule has 0 spiro atoms. The Morgan fingerprint density at radius 3 is 2.48 bits per heavy atom. The number of carbonyl (C=O) groups excluding carboxylic acids is 1. The maximum absolute atomic E-state index is 12.6. The summed E-state index contributed by atoms with van der Waals surface area (Å²) < 4.78 is 0. The van der Waals surface area contributed by atoms with Crippen LogP contribution in [0.5, 0.6) is 0 Å². The van der Waals surface area contributed by atoms with E-state index in [2.05, 4.69) is 11.9 Å². The van der Waals surface area contributed by atoms with E-state index in [1.54, 1.807) is 0 Å². The van der Waals surface area contributed by atoms with Crippen LogP contribution in [-0.4, -0.2) is 53.5 Å². The minimum absolute atomic E-state index is 0.00403. The zero-order valence-electron chi connectivity index (χ0n) is 12.1. The molecule has 1 heterocycles. The Morgan fingerprint density at radius 2 is 1.86 bits per heavy atom. The van der Waals surface area contributed by atoms with E-state index >= 15 is 0 Å². The van der Waals surface area contributed by atoms with Crippen molar-refractivity contribution < 1.29 is 14.7 Å². The Bertz CT molecular complexity index is 546. The molecule has 5 nitrogen and oxygen atoms in total. The summed E-state index contributed by atoms with van der Waals surface area (Å²) in [5, 5.41) is 9.02. The lowest BCUT2D eigenvalue weighted by molar-refractivity contribution is -0.143. The summed E-state index contributed by atoms with van der Waals surface area (Å²) in [6.07, 6.45) is 0.488. The second-order valence-electron chi connectivity index (χ2n) is 6.01. The third kappa shape index (κ3) is 2.78. The van der Waals surface area contributed by atoms with Crippen LogP contribution in [0.15, 0.2) is 30.3 Å². The molecule has 1 aromatic rings. The molecule has 2 aliphatic rings. The van der Waals surface area contributed by atoms with E-state index in [1.807, 2.05) is 35.2 Å². The lowest BCUT2D eigenvalue weighted by Crippen LogP contribution is -2.50. The van der Waals surface area contributed by atoms with Gasteiger partial charge < -0.3 is 14.9 Å². The zero-order chi connectivity index (χ0) is 15.0. The van der Waals surface area contributed by atoms with Gasteiger partial charge in [0.2, 0.25) is 5.91 Å². The van der Waals surface area contributed by atoms with Crippen molar-refractivity contribution in [3.63, 3.8) is 0 Å². The van der Waals surface area contributed by atoms with Crippen molar-refractivity contribution in [3.05, 3.63) is 35.9 Å². The van der Waals surface area contributed by atoms with Gasteiger partial charge in [0, 0.05) is 19.6 Å². The molecule has 1 unspecified atom stereocenters. The molecule has 1 aliphatic heterocycles. The van der Waals surface area contributed by atoms with Gasteiger partial charge in [0.1, 0.15) is 0 Å². The summed E-state index contributed by atoms with van der Waals surface area (Å²) in [6.45, 7) is 2.29. The van der Waals surface area contributed by atoms with Crippen LogP contribution >= 0.6 is 0 Å². The molecule has 0 bridgehead atoms. The predicted octanol–water partition coefficient (Wildman–Crippen LogP) is 1.22. The van der Waals surface area contributed by atoms with Crippen molar-refractivity contribution in [3.8, 4) is 0 Å². The number of benzene rings is 1. The highest BCUT2D eigenvalue weighted by Gasteiger charge is 2.51. The summed E-state index contributed by atoms with van der Waals surface area (Å²) in [7, 11) is 2.05. The van der Waals surface area contributed by atoms with Crippen LogP contribution in [0.2, 0.25) is 0 Å². The van der Waals surface area contributed by atoms with Crippen molar-refractivity contribution in [2.45, 2.75) is 12.5 Å². The highest BCUT2D eigenvalue weighted by Crippen LogP contribution is 2.42. The quantitative estimate of drug-likeness (QED) is 0.908. The van der Waals surface area contributed by atoms with E-state index in [4.69, 9.17) is 5.11 Å². The van der Waals surface area contributed by atoms with Crippen molar-refractivity contribution >= 4 is 11.9 Å². The van der Waals surface area contributed by atoms with Gasteiger partial charge in [-0.3, -0.25) is 9.59 Å². The topological polar surface area (TPSA) is 60.9 Å². The molecular weight excluding hydrogens is 268 g/mol. The molecule has 1 aromatic carbocycles. The van der Waals surface area contributed by atoms with Crippen molar-refractivity contribution in [2.24, 2.45) is 11.8 Å². The van der Waals surface area contributed by atoms with Crippen LogP contribution in [0.4, 0.5) is 0 Å². The van der Waals surface area contributed by atoms with E-state index in [0.29, 0.717) is 13.0 Å². The van der Waals surface area contributed by atoms with Gasteiger partial charge in [-0.05, 0) is 19.0 Å². The van der Waals surface area contributed by atoms with Gasteiger partial charge in [0.15, 0.2) is 0 Å². The smallest absolute Gasteiger partial charge is 0.307 e. The largest absolute Gasteiger partial charge is 0.481 e. The minimum Gasteiger partial charge on any atom is -0.481 e. The van der Waals surface area contributed by atoms with Crippen molar-refractivity contribution in [1.82, 2.24) is 9.80 Å². The van der Waals surface area contributed by atoms with Gasteiger partial charge in [0.25, 0.3) is 0 Å². The highest BCUT2D eigenvalue weighted by molar-refractivity contribution is 5.89. The number of rotatable bonds is 3. The van der Waals surface area contributed by atoms with Crippen LogP contribution in [-0.2, 0) is 9.59 Å². The molecule has 1 amide bonds. The normalized spacial score (nSPS) is 29.2. The first-order valence-corrected chi connectivity index (χ1v) is 7.34. The van der Waals surface area contributed by atoms with Crippen LogP contribution in [0, 0.1) is 11.8 Å². The highest BCUT2D eigenvalue weighted by atomic mass is 16.4. The van der Waals surface area contributed by atoms with E-state index in [1.165, 1.54) is 0 Å². The van der Waals surface area contributed by atoms with Crippen LogP contribution in [0.3, 0.4) is 0 Å². The first kappa shape index (κ1) is 14.1. The maximum Gasteiger partial charge on any atom is 0.307 e. The molecule has 2 fully saturated rings. The summed E-state index contributed by atoms with van der Waals surface area (Å²) in [4.78, 5) is 27.7. The summed E-state index contributed by atoms with van der Waals surface area (Å²) in [6, 6.07) is 10.0. The molecule has 1 aliphatic carbocycles. The molecule has 1 saturated heterocycles. The van der Waals surface area contributed by atoms with E-state index in [0.717, 1.165) is 18.7 Å². The molecular formula is C16H20N2O3. The zero-order valence-corrected chi connectivity index (χ0v) is 12.1. The fraction of sp³-hybridized carbons (Fsp3) is 0.500. The third-order valence-electron chi connectivity index (χ3n) is 4.48. The number of piperazine rings is 1. The van der Waals surface area contributed by atoms with E-state index < -0.39 is 11.9 Å². The van der Waals surface area contributed by atoms with Crippen LogP contribution < -0.4 is 0 Å². The monoisotopic (exact) mass is 288 g/mol. The molecule has 5 heteroatoms. The first-order valence-electron chi connectivity index (χ1n) is 7.34. The van der Waals surface area contributed by atoms with Crippen molar-refractivity contribution in [1.29, 1.82) is 0 Å². The average Bonchev–Trinajstić information content (AvgIpc) is 3.28. The SMILES string of the molecule is CN1CCN(C(=O)[C@@H]2C[C@@H]2C(=O)O)C(c2ccccc2)C1. The number of likely N-dealkylation sites (N-methyl/N-ethyl adjacent to an activating group) is 1. The fourth-order valence-electron chi connectivity index (χ4n) is 3.10. The lowest BCUT2D eigenvalue weighted by Gasteiger charge is -2.40. The molecule has 1 N–H and O–H groups in total. The number of carbonyl (C=O) groups is 2. The number of hydrogen-bond acceptors (Lipinski definition) is 3.